The molecule has 2 aromatic rings. The molecule has 2 rings (SSSR count). The molecule has 6 heteroatoms. The molecule has 0 fully saturated rings. The van der Waals surface area contributed by atoms with Crippen molar-refractivity contribution < 1.29 is 14.0 Å². The van der Waals surface area contributed by atoms with E-state index in [2.05, 4.69) is 17.6 Å². The summed E-state index contributed by atoms with van der Waals surface area (Å²) in [6.45, 7) is 2.77. The van der Waals surface area contributed by atoms with Crippen LogP contribution in [0.15, 0.2) is 52.6 Å². The van der Waals surface area contributed by atoms with Crippen molar-refractivity contribution in [2.75, 3.05) is 25.5 Å². The fraction of sp³-hybridized carbons (Fsp3) is 0.417. The first-order valence-electron chi connectivity index (χ1n) is 10.6. The number of benzene rings is 1. The zero-order chi connectivity index (χ0) is 21.8. The van der Waals surface area contributed by atoms with E-state index in [4.69, 9.17) is 4.42 Å². The molecule has 0 aliphatic rings. The highest BCUT2D eigenvalue weighted by Crippen LogP contribution is 2.18. The van der Waals surface area contributed by atoms with Gasteiger partial charge in [-0.1, -0.05) is 57.2 Å². The Bertz CT molecular complexity index is 825. The third kappa shape index (κ3) is 7.78. The van der Waals surface area contributed by atoms with Crippen molar-refractivity contribution in [2.24, 2.45) is 0 Å². The molecule has 162 valence electrons. The summed E-state index contributed by atoms with van der Waals surface area (Å²) in [5.74, 6) is 0.505. The van der Waals surface area contributed by atoms with E-state index in [0.717, 1.165) is 12.8 Å². The second-order valence-corrected chi connectivity index (χ2v) is 7.47. The van der Waals surface area contributed by atoms with Gasteiger partial charge in [0, 0.05) is 38.3 Å². The molecule has 1 heterocycles. The lowest BCUT2D eigenvalue weighted by atomic mass is 10.1. The van der Waals surface area contributed by atoms with E-state index >= 15 is 0 Å². The molecule has 6 nitrogen and oxygen atoms in total. The topological polar surface area (TPSA) is 74.6 Å². The van der Waals surface area contributed by atoms with Crippen LogP contribution in [0.2, 0.25) is 0 Å². The van der Waals surface area contributed by atoms with Crippen LogP contribution in [0.3, 0.4) is 0 Å². The van der Waals surface area contributed by atoms with Crippen molar-refractivity contribution in [2.45, 2.75) is 45.4 Å². The van der Waals surface area contributed by atoms with Gasteiger partial charge in [0.2, 0.25) is 0 Å². The third-order valence-corrected chi connectivity index (χ3v) is 4.68. The number of hydrogen-bond acceptors (Lipinski definition) is 4. The molecule has 30 heavy (non-hydrogen) atoms. The third-order valence-electron chi connectivity index (χ3n) is 4.68. The number of nitrogens with zero attached hydrogens (tertiary/aromatic N) is 1. The van der Waals surface area contributed by atoms with Crippen molar-refractivity contribution in [3.8, 4) is 0 Å². The van der Waals surface area contributed by atoms with Gasteiger partial charge in [-0.05, 0) is 24.6 Å². The lowest BCUT2D eigenvalue weighted by Crippen LogP contribution is -2.35. The SMILES string of the molecule is CCCCCCCCNC(=O)/C(=C\c1ccc(N(C)C)o1)NC(=O)c1ccccc1. The van der Waals surface area contributed by atoms with Crippen LogP contribution in [0.4, 0.5) is 5.88 Å². The predicted molar refractivity (Wildman–Crippen MR) is 121 cm³/mol. The maximum absolute atomic E-state index is 12.7. The lowest BCUT2D eigenvalue weighted by Gasteiger charge is -2.11. The highest BCUT2D eigenvalue weighted by Gasteiger charge is 2.15. The molecular formula is C24H33N3O3. The molecule has 0 aliphatic carbocycles. The van der Waals surface area contributed by atoms with Crippen LogP contribution in [-0.2, 0) is 4.79 Å². The largest absolute Gasteiger partial charge is 0.441 e. The number of anilines is 1. The molecule has 0 radical (unpaired) electrons. The minimum absolute atomic E-state index is 0.162. The maximum Gasteiger partial charge on any atom is 0.267 e. The summed E-state index contributed by atoms with van der Waals surface area (Å²) in [6, 6.07) is 12.4. The van der Waals surface area contributed by atoms with E-state index in [1.165, 1.54) is 25.7 Å². The van der Waals surface area contributed by atoms with E-state index in [0.29, 0.717) is 23.8 Å². The summed E-state index contributed by atoms with van der Waals surface area (Å²) in [7, 11) is 3.75. The van der Waals surface area contributed by atoms with Crippen LogP contribution >= 0.6 is 0 Å². The summed E-state index contributed by atoms with van der Waals surface area (Å²) in [6.07, 6.45) is 8.44. The van der Waals surface area contributed by atoms with Crippen LogP contribution in [0, 0.1) is 0 Å². The van der Waals surface area contributed by atoms with Crippen molar-refractivity contribution in [1.82, 2.24) is 10.6 Å². The molecule has 0 aliphatic heterocycles. The molecule has 1 aromatic heterocycles. The number of furan rings is 1. The molecule has 0 bridgehead atoms. The second-order valence-electron chi connectivity index (χ2n) is 7.47. The van der Waals surface area contributed by atoms with Crippen LogP contribution in [-0.4, -0.2) is 32.5 Å². The Hall–Kier alpha value is -3.02. The average Bonchev–Trinajstić information content (AvgIpc) is 3.22. The monoisotopic (exact) mass is 411 g/mol. The predicted octanol–water partition coefficient (Wildman–Crippen LogP) is 4.59. The summed E-state index contributed by atoms with van der Waals surface area (Å²) >= 11 is 0. The van der Waals surface area contributed by atoms with Gasteiger partial charge in [-0.2, -0.15) is 0 Å². The number of hydrogen-bond donors (Lipinski definition) is 2. The molecule has 0 saturated carbocycles. The van der Waals surface area contributed by atoms with Gasteiger partial charge in [-0.25, -0.2) is 0 Å². The Morgan fingerprint density at radius 2 is 1.67 bits per heavy atom. The van der Waals surface area contributed by atoms with Crippen LogP contribution in [0.25, 0.3) is 6.08 Å². The van der Waals surface area contributed by atoms with E-state index < -0.39 is 0 Å². The normalized spacial score (nSPS) is 11.2. The van der Waals surface area contributed by atoms with Gasteiger partial charge in [-0.3, -0.25) is 9.59 Å². The van der Waals surface area contributed by atoms with Gasteiger partial charge in [0.1, 0.15) is 11.5 Å². The zero-order valence-electron chi connectivity index (χ0n) is 18.2. The highest BCUT2D eigenvalue weighted by molar-refractivity contribution is 6.05. The Morgan fingerprint density at radius 3 is 2.33 bits per heavy atom. The zero-order valence-corrected chi connectivity index (χ0v) is 18.2. The number of carbonyl (C=O) groups is 2. The Balaban J connectivity index is 2.03. The summed E-state index contributed by atoms with van der Waals surface area (Å²) in [5.41, 5.74) is 0.648. The first kappa shape index (κ1) is 23.3. The molecule has 0 saturated heterocycles. The second kappa shape index (κ2) is 12.5. The molecule has 0 unspecified atom stereocenters. The van der Waals surface area contributed by atoms with Crippen LogP contribution in [0.5, 0.6) is 0 Å². The number of amides is 2. The standard InChI is InChI=1S/C24H33N3O3/c1-4-5-6-7-8-12-17-25-24(29)21(18-20-15-16-22(30-20)27(2)3)26-23(28)19-13-10-9-11-14-19/h9-11,13-16,18H,4-8,12,17H2,1-3H3,(H,25,29)(H,26,28)/b21-18+. The van der Waals surface area contributed by atoms with Gasteiger partial charge in [0.15, 0.2) is 5.88 Å². The van der Waals surface area contributed by atoms with Gasteiger partial charge in [0.25, 0.3) is 11.8 Å². The smallest absolute Gasteiger partial charge is 0.267 e. The molecule has 2 N–H and O–H groups in total. The first-order chi connectivity index (χ1) is 14.5. The van der Waals surface area contributed by atoms with Gasteiger partial charge in [0.05, 0.1) is 0 Å². The Labute approximate surface area is 179 Å². The average molecular weight is 412 g/mol. The minimum Gasteiger partial charge on any atom is -0.441 e. The number of rotatable bonds is 12. The number of unbranched alkanes of at least 4 members (excludes halogenated alkanes) is 5. The summed E-state index contributed by atoms with van der Waals surface area (Å²) < 4.78 is 5.71. The molecule has 2 amide bonds. The van der Waals surface area contributed by atoms with Crippen molar-refractivity contribution in [3.63, 3.8) is 0 Å². The van der Waals surface area contributed by atoms with E-state index in [-0.39, 0.29) is 17.5 Å². The van der Waals surface area contributed by atoms with E-state index in [1.54, 1.807) is 36.4 Å². The van der Waals surface area contributed by atoms with Gasteiger partial charge >= 0.3 is 0 Å². The van der Waals surface area contributed by atoms with Crippen molar-refractivity contribution >= 4 is 23.8 Å². The number of nitrogens with one attached hydrogen (secondary N) is 2. The fourth-order valence-electron chi connectivity index (χ4n) is 2.95. The lowest BCUT2D eigenvalue weighted by molar-refractivity contribution is -0.117. The minimum atomic E-state index is -0.337. The van der Waals surface area contributed by atoms with Crippen molar-refractivity contribution in [1.29, 1.82) is 0 Å². The molecule has 0 atom stereocenters. The Kier molecular flexibility index (Phi) is 9.71. The maximum atomic E-state index is 12.7. The Morgan fingerprint density at radius 1 is 0.967 bits per heavy atom. The van der Waals surface area contributed by atoms with Crippen LogP contribution < -0.4 is 15.5 Å². The van der Waals surface area contributed by atoms with Gasteiger partial charge < -0.3 is 20.0 Å². The number of carbonyl (C=O) groups excluding carboxylic acids is 2. The van der Waals surface area contributed by atoms with Crippen molar-refractivity contribution in [3.05, 3.63) is 59.5 Å². The summed E-state index contributed by atoms with van der Waals surface area (Å²) in [4.78, 5) is 27.1. The van der Waals surface area contributed by atoms with Gasteiger partial charge in [-0.15, -0.1) is 0 Å². The molecule has 0 spiro atoms. The molecular weight excluding hydrogens is 378 g/mol. The fourth-order valence-corrected chi connectivity index (χ4v) is 2.95. The van der Waals surface area contributed by atoms with Crippen LogP contribution in [0.1, 0.15) is 61.6 Å². The van der Waals surface area contributed by atoms with E-state index in [9.17, 15) is 9.59 Å². The highest BCUT2D eigenvalue weighted by atomic mass is 16.4. The first-order valence-corrected chi connectivity index (χ1v) is 10.6. The quantitative estimate of drug-likeness (QED) is 0.396. The van der Waals surface area contributed by atoms with E-state index in [1.807, 2.05) is 31.1 Å². The summed E-state index contributed by atoms with van der Waals surface area (Å²) in [5, 5.41) is 5.63. The molecule has 1 aromatic carbocycles.